The minimum atomic E-state index is -0.560. The third-order valence-corrected chi connectivity index (χ3v) is 5.58. The van der Waals surface area contributed by atoms with E-state index in [0.717, 1.165) is 11.4 Å². The zero-order valence-electron chi connectivity index (χ0n) is 21.3. The second-order valence-corrected chi connectivity index (χ2v) is 8.33. The number of amides is 3. The molecule has 1 unspecified atom stereocenters. The predicted octanol–water partition coefficient (Wildman–Crippen LogP) is 4.25. The van der Waals surface area contributed by atoms with Crippen LogP contribution in [0.3, 0.4) is 0 Å². The van der Waals surface area contributed by atoms with Crippen molar-refractivity contribution in [3.8, 4) is 17.2 Å². The second-order valence-electron chi connectivity index (χ2n) is 8.33. The Kier molecular flexibility index (Phi) is 9.48. The van der Waals surface area contributed by atoms with E-state index in [9.17, 15) is 14.4 Å². The summed E-state index contributed by atoms with van der Waals surface area (Å²) in [6.07, 6.45) is 0.177. The molecule has 0 heterocycles. The average Bonchev–Trinajstić information content (AvgIpc) is 2.92. The molecule has 2 N–H and O–H groups in total. The maximum atomic E-state index is 13.3. The Bertz CT molecular complexity index is 1150. The van der Waals surface area contributed by atoms with E-state index in [0.29, 0.717) is 17.2 Å². The van der Waals surface area contributed by atoms with E-state index in [2.05, 4.69) is 10.9 Å². The maximum absolute atomic E-state index is 13.3. The van der Waals surface area contributed by atoms with Gasteiger partial charge < -0.3 is 14.2 Å². The first-order valence-electron chi connectivity index (χ1n) is 11.7. The Morgan fingerprint density at radius 2 is 1.27 bits per heavy atom. The molecule has 37 heavy (non-hydrogen) atoms. The van der Waals surface area contributed by atoms with Crippen LogP contribution in [0.25, 0.3) is 0 Å². The first-order valence-corrected chi connectivity index (χ1v) is 11.7. The van der Waals surface area contributed by atoms with E-state index in [1.54, 1.807) is 4.90 Å². The molecule has 0 bridgehead atoms. The molecule has 0 saturated carbocycles. The van der Waals surface area contributed by atoms with Gasteiger partial charge in [0.15, 0.2) is 11.5 Å². The molecular weight excluding hydrogens is 474 g/mol. The number of carbonyl (C=O) groups is 3. The van der Waals surface area contributed by atoms with Gasteiger partial charge in [-0.25, -0.2) is 0 Å². The lowest BCUT2D eigenvalue weighted by Crippen LogP contribution is -2.42. The van der Waals surface area contributed by atoms with Crippen LogP contribution in [-0.4, -0.2) is 39.1 Å². The number of rotatable bonds is 10. The van der Waals surface area contributed by atoms with Crippen molar-refractivity contribution in [1.82, 2.24) is 10.9 Å². The van der Waals surface area contributed by atoms with Gasteiger partial charge in [0.25, 0.3) is 5.91 Å². The van der Waals surface area contributed by atoms with Crippen molar-refractivity contribution in [1.29, 1.82) is 0 Å². The number of benzene rings is 3. The van der Waals surface area contributed by atoms with Gasteiger partial charge in [-0.1, -0.05) is 43.3 Å². The molecule has 9 heteroatoms. The molecule has 0 aliphatic carbocycles. The lowest BCUT2D eigenvalue weighted by atomic mass is 10.0. The van der Waals surface area contributed by atoms with E-state index in [1.165, 1.54) is 33.5 Å². The minimum absolute atomic E-state index is 0.0404. The Labute approximate surface area is 216 Å². The quantitative estimate of drug-likeness (QED) is 0.399. The van der Waals surface area contributed by atoms with Crippen LogP contribution in [0.5, 0.6) is 17.2 Å². The van der Waals surface area contributed by atoms with Crippen molar-refractivity contribution in [2.24, 2.45) is 5.92 Å². The number of para-hydroxylation sites is 2. The van der Waals surface area contributed by atoms with Gasteiger partial charge >= 0.3 is 0 Å². The zero-order chi connectivity index (χ0) is 26.8. The molecule has 194 valence electrons. The summed E-state index contributed by atoms with van der Waals surface area (Å²) in [4.78, 5) is 40.0. The third kappa shape index (κ3) is 7.00. The fraction of sp³-hybridized carbons (Fsp3) is 0.250. The highest BCUT2D eigenvalue weighted by atomic mass is 16.5. The van der Waals surface area contributed by atoms with Gasteiger partial charge in [0.2, 0.25) is 17.6 Å². The number of hydrogen-bond acceptors (Lipinski definition) is 6. The first-order chi connectivity index (χ1) is 17.9. The number of ether oxygens (including phenoxy) is 3. The van der Waals surface area contributed by atoms with Crippen LogP contribution in [0.2, 0.25) is 0 Å². The summed E-state index contributed by atoms with van der Waals surface area (Å²) in [7, 11) is 4.35. The van der Waals surface area contributed by atoms with Gasteiger partial charge in [-0.2, -0.15) is 0 Å². The van der Waals surface area contributed by atoms with Gasteiger partial charge in [-0.15, -0.1) is 0 Å². The van der Waals surface area contributed by atoms with E-state index >= 15 is 0 Å². The monoisotopic (exact) mass is 505 g/mol. The highest BCUT2D eigenvalue weighted by Gasteiger charge is 2.22. The molecule has 0 aliphatic heterocycles. The SMILES string of the molecule is COc1cc(C(=O)NNC(=O)CC(C)CC(=O)N(c2ccccc2)c2ccccc2)cc(OC)c1OC. The van der Waals surface area contributed by atoms with Crippen molar-refractivity contribution in [2.45, 2.75) is 19.8 Å². The number of hydrazine groups is 1. The van der Waals surface area contributed by atoms with Crippen LogP contribution in [0, 0.1) is 5.92 Å². The van der Waals surface area contributed by atoms with Crippen molar-refractivity contribution in [3.63, 3.8) is 0 Å². The first kappa shape index (κ1) is 27.1. The molecule has 3 rings (SSSR count). The molecule has 9 nitrogen and oxygen atoms in total. The van der Waals surface area contributed by atoms with Crippen molar-refractivity contribution < 1.29 is 28.6 Å². The Morgan fingerprint density at radius 1 is 0.757 bits per heavy atom. The summed E-state index contributed by atoms with van der Waals surface area (Å²) in [5.74, 6) is -0.426. The summed E-state index contributed by atoms with van der Waals surface area (Å²) in [5, 5.41) is 0. The lowest BCUT2D eigenvalue weighted by Gasteiger charge is -2.24. The van der Waals surface area contributed by atoms with Crippen LogP contribution in [0.4, 0.5) is 11.4 Å². The third-order valence-electron chi connectivity index (χ3n) is 5.58. The molecule has 0 fully saturated rings. The molecule has 3 aromatic carbocycles. The highest BCUT2D eigenvalue weighted by Crippen LogP contribution is 2.38. The van der Waals surface area contributed by atoms with E-state index < -0.39 is 11.8 Å². The smallest absolute Gasteiger partial charge is 0.269 e. The Hall–Kier alpha value is -4.53. The van der Waals surface area contributed by atoms with Gasteiger partial charge in [0, 0.05) is 29.8 Å². The Balaban J connectivity index is 1.60. The molecule has 1 atom stereocenters. The lowest BCUT2D eigenvalue weighted by molar-refractivity contribution is -0.123. The summed E-state index contributed by atoms with van der Waals surface area (Å²) in [6.45, 7) is 1.81. The number of anilines is 2. The van der Waals surface area contributed by atoms with Crippen LogP contribution in [0.15, 0.2) is 72.8 Å². The molecule has 0 aliphatic rings. The number of hydrogen-bond donors (Lipinski definition) is 2. The normalized spacial score (nSPS) is 11.1. The predicted molar refractivity (Wildman–Crippen MR) is 140 cm³/mol. The Morgan fingerprint density at radius 3 is 1.73 bits per heavy atom. The fourth-order valence-corrected chi connectivity index (χ4v) is 3.83. The van der Waals surface area contributed by atoms with Crippen LogP contribution >= 0.6 is 0 Å². The van der Waals surface area contributed by atoms with Crippen molar-refractivity contribution in [2.75, 3.05) is 26.2 Å². The van der Waals surface area contributed by atoms with Crippen LogP contribution in [-0.2, 0) is 9.59 Å². The van der Waals surface area contributed by atoms with Gasteiger partial charge in [0.05, 0.1) is 21.3 Å². The summed E-state index contributed by atoms with van der Waals surface area (Å²) < 4.78 is 15.8. The van der Waals surface area contributed by atoms with Crippen LogP contribution < -0.4 is 30.0 Å². The van der Waals surface area contributed by atoms with Crippen molar-refractivity contribution >= 4 is 29.1 Å². The van der Waals surface area contributed by atoms with E-state index in [4.69, 9.17) is 14.2 Å². The number of methoxy groups -OCH3 is 3. The number of carbonyl (C=O) groups excluding carboxylic acids is 3. The summed E-state index contributed by atoms with van der Waals surface area (Å²) in [6, 6.07) is 21.6. The van der Waals surface area contributed by atoms with Gasteiger partial charge in [-0.05, 0) is 42.3 Å². The summed E-state index contributed by atoms with van der Waals surface area (Å²) in [5.41, 5.74) is 6.49. The topological polar surface area (TPSA) is 106 Å². The largest absolute Gasteiger partial charge is 0.493 e. The number of nitrogens with zero attached hydrogens (tertiary/aromatic N) is 1. The molecule has 0 spiro atoms. The highest BCUT2D eigenvalue weighted by molar-refractivity contribution is 6.01. The molecule has 0 radical (unpaired) electrons. The summed E-state index contributed by atoms with van der Waals surface area (Å²) >= 11 is 0. The van der Waals surface area contributed by atoms with Crippen molar-refractivity contribution in [3.05, 3.63) is 78.4 Å². The van der Waals surface area contributed by atoms with E-state index in [-0.39, 0.29) is 30.2 Å². The van der Waals surface area contributed by atoms with Gasteiger partial charge in [0.1, 0.15) is 0 Å². The molecule has 0 saturated heterocycles. The fourth-order valence-electron chi connectivity index (χ4n) is 3.83. The zero-order valence-corrected chi connectivity index (χ0v) is 21.3. The van der Waals surface area contributed by atoms with Gasteiger partial charge in [-0.3, -0.25) is 30.1 Å². The average molecular weight is 506 g/mol. The van der Waals surface area contributed by atoms with E-state index in [1.807, 2.05) is 67.6 Å². The second kappa shape index (κ2) is 13.0. The maximum Gasteiger partial charge on any atom is 0.269 e. The number of nitrogens with one attached hydrogen (secondary N) is 2. The molecule has 0 aromatic heterocycles. The van der Waals surface area contributed by atoms with Crippen LogP contribution in [0.1, 0.15) is 30.1 Å². The molecule has 3 amide bonds. The minimum Gasteiger partial charge on any atom is -0.493 e. The molecular formula is C28H31N3O6. The molecule has 3 aromatic rings. The standard InChI is InChI=1S/C28H31N3O6/c1-19(16-26(33)31(21-11-7-5-8-12-21)22-13-9-6-10-14-22)15-25(32)29-30-28(34)20-17-23(35-2)27(37-4)24(18-20)36-3/h5-14,17-19H,15-16H2,1-4H3,(H,29,32)(H,30,34).